The number of halogens is 2. The van der Waals surface area contributed by atoms with E-state index in [-0.39, 0.29) is 23.6 Å². The molecule has 3 nitrogen and oxygen atoms in total. The highest BCUT2D eigenvalue weighted by Crippen LogP contribution is 2.28. The summed E-state index contributed by atoms with van der Waals surface area (Å²) in [6, 6.07) is 6.23. The fraction of sp³-hybridized carbons (Fsp3) is 0.462. The van der Waals surface area contributed by atoms with Crippen molar-refractivity contribution in [1.82, 2.24) is 5.32 Å². The van der Waals surface area contributed by atoms with E-state index in [1.54, 1.807) is 26.0 Å². The van der Waals surface area contributed by atoms with Crippen LogP contribution in [0.5, 0.6) is 0 Å². The third-order valence-corrected chi connectivity index (χ3v) is 3.29. The Morgan fingerprint density at radius 2 is 2.05 bits per heavy atom. The number of carbonyl (C=O) groups is 1. The summed E-state index contributed by atoms with van der Waals surface area (Å²) in [5.74, 6) is -2.98. The van der Waals surface area contributed by atoms with Gasteiger partial charge in [0, 0.05) is 23.5 Å². The van der Waals surface area contributed by atoms with Gasteiger partial charge in [-0.1, -0.05) is 37.7 Å². The maximum atomic E-state index is 12.4. The summed E-state index contributed by atoms with van der Waals surface area (Å²) in [5, 5.41) is 11.7. The molecule has 1 aromatic rings. The van der Waals surface area contributed by atoms with E-state index in [2.05, 4.69) is 5.32 Å². The second kappa shape index (κ2) is 6.86. The monoisotopic (exact) mass is 289 g/mol. The van der Waals surface area contributed by atoms with Crippen LogP contribution in [0.25, 0.3) is 0 Å². The van der Waals surface area contributed by atoms with Gasteiger partial charge in [-0.3, -0.25) is 4.79 Å². The Hall–Kier alpha value is -1.14. The van der Waals surface area contributed by atoms with Gasteiger partial charge in [-0.2, -0.15) is 8.78 Å². The van der Waals surface area contributed by atoms with Crippen molar-refractivity contribution in [3.8, 4) is 0 Å². The molecule has 0 spiro atoms. The molecule has 0 bridgehead atoms. The Kier molecular flexibility index (Phi) is 5.75. The number of thioether (sulfide) groups is 1. The lowest BCUT2D eigenvalue weighted by atomic mass is 9.95. The van der Waals surface area contributed by atoms with Crippen molar-refractivity contribution in [2.75, 3.05) is 13.2 Å². The van der Waals surface area contributed by atoms with Gasteiger partial charge in [0.2, 0.25) is 0 Å². The van der Waals surface area contributed by atoms with E-state index in [4.69, 9.17) is 5.11 Å². The highest BCUT2D eigenvalue weighted by molar-refractivity contribution is 7.99. The van der Waals surface area contributed by atoms with E-state index in [1.165, 1.54) is 12.1 Å². The Bertz CT molecular complexity index is 438. The third-order valence-electron chi connectivity index (χ3n) is 2.50. The molecule has 0 atom stereocenters. The largest absolute Gasteiger partial charge is 0.396 e. The molecular weight excluding hydrogens is 272 g/mol. The maximum Gasteiger partial charge on any atom is 0.288 e. The van der Waals surface area contributed by atoms with Crippen LogP contribution in [-0.4, -0.2) is 29.9 Å². The molecule has 0 heterocycles. The minimum atomic E-state index is -2.57. The summed E-state index contributed by atoms with van der Waals surface area (Å²) < 4.78 is 24.8. The Labute approximate surface area is 115 Å². The summed E-state index contributed by atoms with van der Waals surface area (Å²) in [4.78, 5) is 12.2. The first-order valence-electron chi connectivity index (χ1n) is 5.78. The van der Waals surface area contributed by atoms with Crippen molar-refractivity contribution in [3.63, 3.8) is 0 Å². The minimum Gasteiger partial charge on any atom is -0.396 e. The van der Waals surface area contributed by atoms with Crippen LogP contribution in [0, 0.1) is 5.41 Å². The number of benzene rings is 1. The van der Waals surface area contributed by atoms with Gasteiger partial charge >= 0.3 is 0 Å². The lowest BCUT2D eigenvalue weighted by Gasteiger charge is -2.22. The molecule has 1 rings (SSSR count). The molecule has 1 aromatic carbocycles. The van der Waals surface area contributed by atoms with Crippen molar-refractivity contribution in [2.24, 2.45) is 5.41 Å². The molecule has 0 unspecified atom stereocenters. The molecule has 106 valence electrons. The topological polar surface area (TPSA) is 49.3 Å². The normalized spacial score (nSPS) is 11.7. The number of aliphatic hydroxyl groups is 1. The second-order valence-corrected chi connectivity index (χ2v) is 5.91. The number of carbonyl (C=O) groups excluding carboxylic acids is 1. The fourth-order valence-corrected chi connectivity index (χ4v) is 1.96. The van der Waals surface area contributed by atoms with Gasteiger partial charge in [0.05, 0.1) is 5.56 Å². The quantitative estimate of drug-likeness (QED) is 0.792. The molecule has 0 saturated carbocycles. The average Bonchev–Trinajstić information content (AvgIpc) is 2.36. The van der Waals surface area contributed by atoms with Crippen molar-refractivity contribution in [2.45, 2.75) is 24.5 Å². The van der Waals surface area contributed by atoms with Crippen LogP contribution >= 0.6 is 11.8 Å². The number of rotatable bonds is 6. The van der Waals surface area contributed by atoms with E-state index in [0.717, 1.165) is 0 Å². The first-order valence-corrected chi connectivity index (χ1v) is 6.66. The molecule has 6 heteroatoms. The maximum absolute atomic E-state index is 12.4. The first kappa shape index (κ1) is 15.9. The van der Waals surface area contributed by atoms with Crippen LogP contribution in [-0.2, 0) is 0 Å². The van der Waals surface area contributed by atoms with Crippen LogP contribution in [0.3, 0.4) is 0 Å². The summed E-state index contributed by atoms with van der Waals surface area (Å²) in [7, 11) is 0. The first-order chi connectivity index (χ1) is 8.85. The molecule has 19 heavy (non-hydrogen) atoms. The highest BCUT2D eigenvalue weighted by Gasteiger charge is 2.20. The van der Waals surface area contributed by atoms with Crippen molar-refractivity contribution in [3.05, 3.63) is 29.8 Å². The molecule has 0 aromatic heterocycles. The van der Waals surface area contributed by atoms with Gasteiger partial charge in [0.25, 0.3) is 11.7 Å². The van der Waals surface area contributed by atoms with Crippen LogP contribution in [0.2, 0.25) is 0 Å². The van der Waals surface area contributed by atoms with E-state index in [0.29, 0.717) is 11.8 Å². The van der Waals surface area contributed by atoms with Gasteiger partial charge in [0.15, 0.2) is 0 Å². The molecule has 0 saturated heterocycles. The fourth-order valence-electron chi connectivity index (χ4n) is 1.32. The predicted octanol–water partition coefficient (Wildman–Crippen LogP) is 2.75. The Morgan fingerprint density at radius 3 is 2.63 bits per heavy atom. The average molecular weight is 289 g/mol. The molecule has 1 amide bonds. The standard InChI is InChI=1S/C13H17F2NO2S/c1-13(2,8-17)7-16-11(18)9-5-3-4-6-10(9)19-12(14)15/h3-6,12,17H,7-8H2,1-2H3,(H,16,18). The lowest BCUT2D eigenvalue weighted by molar-refractivity contribution is 0.0908. The zero-order chi connectivity index (χ0) is 14.5. The summed E-state index contributed by atoms with van der Waals surface area (Å²) in [5.41, 5.74) is -0.220. The van der Waals surface area contributed by atoms with Gasteiger partial charge < -0.3 is 10.4 Å². The molecule has 0 aliphatic carbocycles. The van der Waals surface area contributed by atoms with Crippen molar-refractivity contribution >= 4 is 17.7 Å². The van der Waals surface area contributed by atoms with Gasteiger partial charge in [-0.05, 0) is 12.1 Å². The number of amides is 1. The zero-order valence-corrected chi connectivity index (χ0v) is 11.6. The summed E-state index contributed by atoms with van der Waals surface area (Å²) in [6.45, 7) is 3.80. The van der Waals surface area contributed by atoms with E-state index < -0.39 is 17.1 Å². The minimum absolute atomic E-state index is 0.0687. The molecular formula is C13H17F2NO2S. The molecule has 2 N–H and O–H groups in total. The number of alkyl halides is 2. The second-order valence-electron chi connectivity index (χ2n) is 4.88. The van der Waals surface area contributed by atoms with Gasteiger partial charge in [-0.15, -0.1) is 0 Å². The molecule has 0 fully saturated rings. The number of aliphatic hydroxyl groups excluding tert-OH is 1. The van der Waals surface area contributed by atoms with Crippen LogP contribution in [0.15, 0.2) is 29.2 Å². The van der Waals surface area contributed by atoms with E-state index in [1.807, 2.05) is 0 Å². The predicted molar refractivity (Wildman–Crippen MR) is 71.5 cm³/mol. The van der Waals surface area contributed by atoms with E-state index in [9.17, 15) is 13.6 Å². The van der Waals surface area contributed by atoms with Crippen molar-refractivity contribution < 1.29 is 18.7 Å². The number of nitrogens with one attached hydrogen (secondary N) is 1. The highest BCUT2D eigenvalue weighted by atomic mass is 32.2. The Morgan fingerprint density at radius 1 is 1.42 bits per heavy atom. The SMILES string of the molecule is CC(C)(CO)CNC(=O)c1ccccc1SC(F)F. The summed E-state index contributed by atoms with van der Waals surface area (Å²) in [6.07, 6.45) is 0. The van der Waals surface area contributed by atoms with Crippen LogP contribution < -0.4 is 5.32 Å². The number of hydrogen-bond donors (Lipinski definition) is 2. The smallest absolute Gasteiger partial charge is 0.288 e. The van der Waals surface area contributed by atoms with Crippen LogP contribution in [0.1, 0.15) is 24.2 Å². The molecule has 0 aliphatic rings. The summed E-state index contributed by atoms with van der Waals surface area (Å²) >= 11 is 0.349. The molecule has 0 radical (unpaired) electrons. The van der Waals surface area contributed by atoms with E-state index >= 15 is 0 Å². The van der Waals surface area contributed by atoms with Gasteiger partial charge in [0.1, 0.15) is 0 Å². The van der Waals surface area contributed by atoms with Gasteiger partial charge in [-0.25, -0.2) is 0 Å². The Balaban J connectivity index is 2.77. The van der Waals surface area contributed by atoms with Crippen molar-refractivity contribution in [1.29, 1.82) is 0 Å². The number of hydrogen-bond acceptors (Lipinski definition) is 3. The third kappa shape index (κ3) is 5.16. The van der Waals surface area contributed by atoms with Crippen LogP contribution in [0.4, 0.5) is 8.78 Å². The lowest BCUT2D eigenvalue weighted by Crippen LogP contribution is -2.36. The molecule has 0 aliphatic heterocycles. The zero-order valence-electron chi connectivity index (χ0n) is 10.8.